The fourth-order valence-electron chi connectivity index (χ4n) is 2.59. The lowest BCUT2D eigenvalue weighted by atomic mass is 10.1. The molecule has 0 aliphatic heterocycles. The van der Waals surface area contributed by atoms with Crippen molar-refractivity contribution >= 4 is 11.6 Å². The predicted octanol–water partition coefficient (Wildman–Crippen LogP) is 4.66. The van der Waals surface area contributed by atoms with E-state index in [0.29, 0.717) is 34.2 Å². The summed E-state index contributed by atoms with van der Waals surface area (Å²) < 4.78 is 19.8. The number of rotatable bonds is 3. The van der Waals surface area contributed by atoms with E-state index in [0.717, 1.165) is 5.56 Å². The van der Waals surface area contributed by atoms with E-state index in [2.05, 4.69) is 10.3 Å². The molecular formula is C19H17FN2O2. The van der Waals surface area contributed by atoms with Crippen LogP contribution in [0.3, 0.4) is 0 Å². The van der Waals surface area contributed by atoms with Crippen LogP contribution in [0.5, 0.6) is 0 Å². The Morgan fingerprint density at radius 1 is 1.12 bits per heavy atom. The molecule has 0 radical (unpaired) electrons. The van der Waals surface area contributed by atoms with Crippen molar-refractivity contribution in [1.82, 2.24) is 4.98 Å². The summed E-state index contributed by atoms with van der Waals surface area (Å²) in [5, 5.41) is 2.72. The van der Waals surface area contributed by atoms with Crippen LogP contribution in [0.2, 0.25) is 0 Å². The first-order valence-electron chi connectivity index (χ1n) is 7.56. The molecule has 0 saturated carbocycles. The van der Waals surface area contributed by atoms with Gasteiger partial charge in [0.1, 0.15) is 17.3 Å². The highest BCUT2D eigenvalue weighted by Gasteiger charge is 2.15. The number of nitrogens with one attached hydrogen (secondary N) is 1. The van der Waals surface area contributed by atoms with Gasteiger partial charge < -0.3 is 9.73 Å². The first-order valence-corrected chi connectivity index (χ1v) is 7.56. The zero-order valence-electron chi connectivity index (χ0n) is 13.7. The number of anilines is 1. The van der Waals surface area contributed by atoms with E-state index in [1.54, 1.807) is 38.1 Å². The molecule has 0 atom stereocenters. The molecule has 1 aromatic heterocycles. The average molecular weight is 324 g/mol. The lowest BCUT2D eigenvalue weighted by Gasteiger charge is -2.09. The topological polar surface area (TPSA) is 55.1 Å². The first-order chi connectivity index (χ1) is 11.5. The summed E-state index contributed by atoms with van der Waals surface area (Å²) in [6.45, 7) is 5.31. The Hall–Kier alpha value is -2.95. The molecule has 5 heteroatoms. The summed E-state index contributed by atoms with van der Waals surface area (Å²) in [5.74, 6) is 0.310. The Labute approximate surface area is 139 Å². The molecule has 122 valence electrons. The third-order valence-corrected chi connectivity index (χ3v) is 3.78. The molecule has 1 N–H and O–H groups in total. The summed E-state index contributed by atoms with van der Waals surface area (Å²) in [4.78, 5) is 16.5. The van der Waals surface area contributed by atoms with Gasteiger partial charge in [0.05, 0.1) is 0 Å². The number of oxazole rings is 1. The fourth-order valence-corrected chi connectivity index (χ4v) is 2.59. The standard InChI is InChI=1S/C19H17FN2O2/c1-11-6-4-5-7-15(11)19(23)22-14-8-9-16(17(20)10-14)18-12(2)24-13(3)21-18/h4-10H,1-3H3,(H,22,23). The Bertz CT molecular complexity index is 915. The van der Waals surface area contributed by atoms with Gasteiger partial charge in [0.15, 0.2) is 5.89 Å². The van der Waals surface area contributed by atoms with Gasteiger partial charge in [0.25, 0.3) is 5.91 Å². The number of carbonyl (C=O) groups excluding carboxylic acids is 1. The van der Waals surface area contributed by atoms with Gasteiger partial charge in [-0.2, -0.15) is 0 Å². The van der Waals surface area contributed by atoms with Crippen molar-refractivity contribution in [2.75, 3.05) is 5.32 Å². The van der Waals surface area contributed by atoms with Crippen LogP contribution in [0.1, 0.15) is 27.6 Å². The maximum absolute atomic E-state index is 14.4. The third kappa shape index (κ3) is 3.06. The zero-order chi connectivity index (χ0) is 17.3. The Kier molecular flexibility index (Phi) is 4.16. The molecule has 0 aliphatic carbocycles. The van der Waals surface area contributed by atoms with Crippen molar-refractivity contribution in [3.63, 3.8) is 0 Å². The second-order valence-electron chi connectivity index (χ2n) is 5.60. The van der Waals surface area contributed by atoms with E-state index in [9.17, 15) is 9.18 Å². The van der Waals surface area contributed by atoms with Crippen molar-refractivity contribution in [3.05, 3.63) is 71.1 Å². The van der Waals surface area contributed by atoms with Gasteiger partial charge in [-0.15, -0.1) is 0 Å². The first kappa shape index (κ1) is 15.9. The molecule has 0 fully saturated rings. The largest absolute Gasteiger partial charge is 0.446 e. The predicted molar refractivity (Wildman–Crippen MR) is 90.5 cm³/mol. The quantitative estimate of drug-likeness (QED) is 0.762. The number of hydrogen-bond donors (Lipinski definition) is 1. The molecule has 1 heterocycles. The zero-order valence-corrected chi connectivity index (χ0v) is 13.7. The van der Waals surface area contributed by atoms with Crippen LogP contribution >= 0.6 is 0 Å². The highest BCUT2D eigenvalue weighted by atomic mass is 19.1. The normalized spacial score (nSPS) is 10.7. The van der Waals surface area contributed by atoms with Crippen molar-refractivity contribution in [1.29, 1.82) is 0 Å². The van der Waals surface area contributed by atoms with Crippen LogP contribution in [-0.4, -0.2) is 10.9 Å². The van der Waals surface area contributed by atoms with Gasteiger partial charge in [0, 0.05) is 23.7 Å². The van der Waals surface area contributed by atoms with Gasteiger partial charge in [-0.3, -0.25) is 4.79 Å². The van der Waals surface area contributed by atoms with Crippen LogP contribution in [0.25, 0.3) is 11.3 Å². The smallest absolute Gasteiger partial charge is 0.255 e. The number of amides is 1. The van der Waals surface area contributed by atoms with Gasteiger partial charge in [-0.1, -0.05) is 18.2 Å². The van der Waals surface area contributed by atoms with Gasteiger partial charge in [0.2, 0.25) is 0 Å². The minimum atomic E-state index is -0.464. The molecule has 0 bridgehead atoms. The number of hydrogen-bond acceptors (Lipinski definition) is 3. The number of aryl methyl sites for hydroxylation is 3. The second-order valence-corrected chi connectivity index (χ2v) is 5.60. The van der Waals surface area contributed by atoms with Crippen LogP contribution in [0.15, 0.2) is 46.9 Å². The number of benzene rings is 2. The molecule has 4 nitrogen and oxygen atoms in total. The molecule has 3 aromatic rings. The van der Waals surface area contributed by atoms with Gasteiger partial charge in [-0.05, 0) is 43.7 Å². The fraction of sp³-hybridized carbons (Fsp3) is 0.158. The highest BCUT2D eigenvalue weighted by molar-refractivity contribution is 6.05. The van der Waals surface area contributed by atoms with Crippen molar-refractivity contribution in [2.24, 2.45) is 0 Å². The molecule has 0 spiro atoms. The molecule has 2 aromatic carbocycles. The summed E-state index contributed by atoms with van der Waals surface area (Å²) >= 11 is 0. The van der Waals surface area contributed by atoms with E-state index < -0.39 is 5.82 Å². The minimum Gasteiger partial charge on any atom is -0.446 e. The van der Waals surface area contributed by atoms with E-state index in [-0.39, 0.29) is 5.91 Å². The molecule has 1 amide bonds. The molecule has 24 heavy (non-hydrogen) atoms. The summed E-state index contributed by atoms with van der Waals surface area (Å²) in [7, 11) is 0. The highest BCUT2D eigenvalue weighted by Crippen LogP contribution is 2.28. The molecule has 0 unspecified atom stereocenters. The maximum Gasteiger partial charge on any atom is 0.255 e. The van der Waals surface area contributed by atoms with Crippen molar-refractivity contribution in [3.8, 4) is 11.3 Å². The Morgan fingerprint density at radius 2 is 1.88 bits per heavy atom. The van der Waals surface area contributed by atoms with Gasteiger partial charge in [-0.25, -0.2) is 9.37 Å². The molecular weight excluding hydrogens is 307 g/mol. The summed E-state index contributed by atoms with van der Waals surface area (Å²) in [6, 6.07) is 11.8. The summed E-state index contributed by atoms with van der Waals surface area (Å²) in [6.07, 6.45) is 0. The summed E-state index contributed by atoms with van der Waals surface area (Å²) in [5.41, 5.74) is 2.63. The maximum atomic E-state index is 14.4. The monoisotopic (exact) mass is 324 g/mol. The number of carbonyl (C=O) groups is 1. The Balaban J connectivity index is 1.86. The second kappa shape index (κ2) is 6.28. The lowest BCUT2D eigenvalue weighted by molar-refractivity contribution is 0.102. The van der Waals surface area contributed by atoms with Crippen LogP contribution in [0.4, 0.5) is 10.1 Å². The number of aromatic nitrogens is 1. The van der Waals surface area contributed by atoms with E-state index in [4.69, 9.17) is 4.42 Å². The Morgan fingerprint density at radius 3 is 2.50 bits per heavy atom. The van der Waals surface area contributed by atoms with Gasteiger partial charge >= 0.3 is 0 Å². The number of nitrogens with zero attached hydrogens (tertiary/aromatic N) is 1. The van der Waals surface area contributed by atoms with Crippen molar-refractivity contribution in [2.45, 2.75) is 20.8 Å². The molecule has 0 aliphatic rings. The minimum absolute atomic E-state index is 0.270. The van der Waals surface area contributed by atoms with Crippen LogP contribution in [0, 0.1) is 26.6 Å². The third-order valence-electron chi connectivity index (χ3n) is 3.78. The van der Waals surface area contributed by atoms with E-state index in [1.807, 2.05) is 19.1 Å². The average Bonchev–Trinajstić information content (AvgIpc) is 2.86. The molecule has 3 rings (SSSR count). The van der Waals surface area contributed by atoms with Crippen LogP contribution < -0.4 is 5.32 Å². The number of halogens is 1. The molecule has 0 saturated heterocycles. The van der Waals surface area contributed by atoms with E-state index in [1.165, 1.54) is 6.07 Å². The van der Waals surface area contributed by atoms with E-state index >= 15 is 0 Å². The van der Waals surface area contributed by atoms with Crippen molar-refractivity contribution < 1.29 is 13.6 Å². The SMILES string of the molecule is Cc1nc(-c2ccc(NC(=O)c3ccccc3C)cc2F)c(C)o1. The lowest BCUT2D eigenvalue weighted by Crippen LogP contribution is -2.13. The van der Waals surface area contributed by atoms with Crippen LogP contribution in [-0.2, 0) is 0 Å².